The van der Waals surface area contributed by atoms with Gasteiger partial charge in [-0.15, -0.1) is 5.10 Å². The van der Waals surface area contributed by atoms with E-state index in [0.29, 0.717) is 5.78 Å². The molecule has 2 aromatic heterocycles. The number of benzene rings is 1. The minimum absolute atomic E-state index is 0.675. The molecule has 0 saturated heterocycles. The summed E-state index contributed by atoms with van der Waals surface area (Å²) in [5, 5.41) is 8.78. The van der Waals surface area contributed by atoms with Gasteiger partial charge >= 0.3 is 0 Å². The SMILES string of the molecule is CCc1nc2nc3c(c(Nc4ccc(Cl)cc4)n2n1)CCC3. The van der Waals surface area contributed by atoms with Gasteiger partial charge in [-0.2, -0.15) is 9.50 Å². The second kappa shape index (κ2) is 5.25. The third-order valence-electron chi connectivity index (χ3n) is 3.98. The van der Waals surface area contributed by atoms with Crippen molar-refractivity contribution < 1.29 is 0 Å². The Labute approximate surface area is 133 Å². The number of nitrogens with zero attached hydrogens (tertiary/aromatic N) is 4. The van der Waals surface area contributed by atoms with Crippen LogP contribution in [0.5, 0.6) is 0 Å². The normalized spacial score (nSPS) is 13.5. The molecule has 112 valence electrons. The summed E-state index contributed by atoms with van der Waals surface area (Å²) in [7, 11) is 0. The lowest BCUT2D eigenvalue weighted by molar-refractivity contribution is 0.875. The number of aromatic nitrogens is 4. The highest BCUT2D eigenvalue weighted by molar-refractivity contribution is 6.30. The highest BCUT2D eigenvalue weighted by Gasteiger charge is 2.22. The van der Waals surface area contributed by atoms with E-state index in [4.69, 9.17) is 11.6 Å². The van der Waals surface area contributed by atoms with Crippen LogP contribution in [-0.4, -0.2) is 19.6 Å². The van der Waals surface area contributed by atoms with Gasteiger partial charge in [0.15, 0.2) is 5.82 Å². The fourth-order valence-electron chi connectivity index (χ4n) is 2.87. The smallest absolute Gasteiger partial charge is 0.254 e. The Bertz CT molecular complexity index is 838. The molecule has 0 atom stereocenters. The molecule has 3 aromatic rings. The summed E-state index contributed by atoms with van der Waals surface area (Å²) in [4.78, 5) is 9.17. The predicted molar refractivity (Wildman–Crippen MR) is 86.9 cm³/mol. The molecule has 0 fully saturated rings. The molecule has 0 saturated carbocycles. The van der Waals surface area contributed by atoms with Crippen LogP contribution in [0.3, 0.4) is 0 Å². The summed E-state index contributed by atoms with van der Waals surface area (Å²) in [5.74, 6) is 2.47. The molecule has 1 N–H and O–H groups in total. The molecule has 1 aliphatic carbocycles. The number of fused-ring (bicyclic) bond motifs is 2. The first-order valence-corrected chi connectivity index (χ1v) is 7.92. The zero-order valence-electron chi connectivity index (χ0n) is 12.3. The molecule has 1 aliphatic rings. The van der Waals surface area contributed by atoms with Gasteiger partial charge in [0, 0.05) is 22.7 Å². The maximum Gasteiger partial charge on any atom is 0.254 e. The van der Waals surface area contributed by atoms with Gasteiger partial charge in [-0.05, 0) is 43.5 Å². The van der Waals surface area contributed by atoms with E-state index in [1.807, 2.05) is 28.8 Å². The number of hydrogen-bond donors (Lipinski definition) is 1. The van der Waals surface area contributed by atoms with Crippen LogP contribution in [0.1, 0.15) is 30.4 Å². The highest BCUT2D eigenvalue weighted by Crippen LogP contribution is 2.30. The summed E-state index contributed by atoms with van der Waals surface area (Å²) in [6.07, 6.45) is 3.96. The first-order chi connectivity index (χ1) is 10.7. The van der Waals surface area contributed by atoms with Crippen molar-refractivity contribution in [2.24, 2.45) is 0 Å². The minimum Gasteiger partial charge on any atom is -0.340 e. The standard InChI is InChI=1S/C16H16ClN5/c1-2-14-20-16-19-13-5-3-4-12(13)15(22(16)21-14)18-11-8-6-10(17)7-9-11/h6-9,18H,2-5H2,1H3. The Kier molecular flexibility index (Phi) is 3.22. The van der Waals surface area contributed by atoms with Gasteiger partial charge in [-0.25, -0.2) is 4.98 Å². The number of hydrogen-bond acceptors (Lipinski definition) is 4. The van der Waals surface area contributed by atoms with Crippen molar-refractivity contribution in [1.82, 2.24) is 19.6 Å². The van der Waals surface area contributed by atoms with Crippen LogP contribution >= 0.6 is 11.6 Å². The van der Waals surface area contributed by atoms with Crippen molar-refractivity contribution in [3.05, 3.63) is 46.4 Å². The van der Waals surface area contributed by atoms with E-state index in [1.54, 1.807) is 0 Å². The Morgan fingerprint density at radius 1 is 1.18 bits per heavy atom. The molecule has 4 rings (SSSR count). The molecule has 1 aromatic carbocycles. The monoisotopic (exact) mass is 313 g/mol. The van der Waals surface area contributed by atoms with Crippen LogP contribution in [0.15, 0.2) is 24.3 Å². The van der Waals surface area contributed by atoms with Gasteiger partial charge in [0.1, 0.15) is 5.82 Å². The van der Waals surface area contributed by atoms with Crippen molar-refractivity contribution in [1.29, 1.82) is 0 Å². The first kappa shape index (κ1) is 13.5. The molecule has 0 amide bonds. The number of halogens is 1. The van der Waals surface area contributed by atoms with Gasteiger partial charge in [0.2, 0.25) is 0 Å². The van der Waals surface area contributed by atoms with Crippen molar-refractivity contribution in [2.75, 3.05) is 5.32 Å². The Hall–Kier alpha value is -2.14. The van der Waals surface area contributed by atoms with Crippen LogP contribution < -0.4 is 5.32 Å². The lowest BCUT2D eigenvalue weighted by Gasteiger charge is -2.12. The molecule has 0 radical (unpaired) electrons. The number of nitrogens with one attached hydrogen (secondary N) is 1. The molecule has 0 bridgehead atoms. The van der Waals surface area contributed by atoms with E-state index in [9.17, 15) is 0 Å². The van der Waals surface area contributed by atoms with E-state index in [1.165, 1.54) is 5.56 Å². The molecular weight excluding hydrogens is 298 g/mol. The van der Waals surface area contributed by atoms with E-state index in [0.717, 1.165) is 53.7 Å². The van der Waals surface area contributed by atoms with Gasteiger partial charge in [-0.3, -0.25) is 0 Å². The molecule has 5 nitrogen and oxygen atoms in total. The molecule has 6 heteroatoms. The molecule has 0 aliphatic heterocycles. The summed E-state index contributed by atoms with van der Waals surface area (Å²) in [6.45, 7) is 2.05. The van der Waals surface area contributed by atoms with Crippen LogP contribution in [0.4, 0.5) is 11.5 Å². The third-order valence-corrected chi connectivity index (χ3v) is 4.23. The van der Waals surface area contributed by atoms with Crippen LogP contribution in [-0.2, 0) is 19.3 Å². The van der Waals surface area contributed by atoms with E-state index < -0.39 is 0 Å². The minimum atomic E-state index is 0.675. The quantitative estimate of drug-likeness (QED) is 0.803. The van der Waals surface area contributed by atoms with Crippen molar-refractivity contribution in [3.8, 4) is 0 Å². The fourth-order valence-corrected chi connectivity index (χ4v) is 3.00. The fraction of sp³-hybridized carbons (Fsp3) is 0.312. The number of anilines is 2. The highest BCUT2D eigenvalue weighted by atomic mass is 35.5. The van der Waals surface area contributed by atoms with Gasteiger partial charge < -0.3 is 5.32 Å². The first-order valence-electron chi connectivity index (χ1n) is 7.54. The van der Waals surface area contributed by atoms with E-state index >= 15 is 0 Å². The third kappa shape index (κ3) is 2.22. The lowest BCUT2D eigenvalue weighted by atomic mass is 10.2. The summed E-state index contributed by atoms with van der Waals surface area (Å²) in [5.41, 5.74) is 3.37. The average molecular weight is 314 g/mol. The topological polar surface area (TPSA) is 55.1 Å². The molecule has 22 heavy (non-hydrogen) atoms. The largest absolute Gasteiger partial charge is 0.340 e. The molecular formula is C16H16ClN5. The summed E-state index contributed by atoms with van der Waals surface area (Å²) in [6, 6.07) is 7.68. The average Bonchev–Trinajstić information content (AvgIpc) is 3.15. The maximum absolute atomic E-state index is 5.96. The van der Waals surface area contributed by atoms with Gasteiger partial charge in [0.25, 0.3) is 5.78 Å². The Morgan fingerprint density at radius 3 is 2.77 bits per heavy atom. The van der Waals surface area contributed by atoms with Gasteiger partial charge in [0.05, 0.1) is 5.69 Å². The number of rotatable bonds is 3. The van der Waals surface area contributed by atoms with Crippen LogP contribution in [0.25, 0.3) is 5.78 Å². The molecule has 0 spiro atoms. The molecule has 0 unspecified atom stereocenters. The second-order valence-corrected chi connectivity index (χ2v) is 5.90. The van der Waals surface area contributed by atoms with Crippen molar-refractivity contribution in [2.45, 2.75) is 32.6 Å². The van der Waals surface area contributed by atoms with Crippen LogP contribution in [0, 0.1) is 0 Å². The zero-order chi connectivity index (χ0) is 15.1. The Balaban J connectivity index is 1.86. The molecule has 2 heterocycles. The van der Waals surface area contributed by atoms with E-state index in [2.05, 4.69) is 27.3 Å². The van der Waals surface area contributed by atoms with Gasteiger partial charge in [-0.1, -0.05) is 18.5 Å². The van der Waals surface area contributed by atoms with Crippen molar-refractivity contribution >= 4 is 28.9 Å². The lowest BCUT2D eigenvalue weighted by Crippen LogP contribution is -2.07. The van der Waals surface area contributed by atoms with E-state index in [-0.39, 0.29) is 0 Å². The second-order valence-electron chi connectivity index (χ2n) is 5.46. The maximum atomic E-state index is 5.96. The summed E-state index contributed by atoms with van der Waals surface area (Å²) >= 11 is 5.96. The predicted octanol–water partition coefficient (Wildman–Crippen LogP) is 3.57. The van der Waals surface area contributed by atoms with Crippen molar-refractivity contribution in [3.63, 3.8) is 0 Å². The number of aryl methyl sites for hydroxylation is 2. The zero-order valence-corrected chi connectivity index (χ0v) is 13.1. The summed E-state index contributed by atoms with van der Waals surface area (Å²) < 4.78 is 1.83. The van der Waals surface area contributed by atoms with Crippen LogP contribution in [0.2, 0.25) is 5.02 Å². The Morgan fingerprint density at radius 2 is 2.00 bits per heavy atom.